The maximum absolute atomic E-state index is 13.5. The molecule has 1 aromatic carbocycles. The van der Waals surface area contributed by atoms with Gasteiger partial charge in [-0.3, -0.25) is 4.90 Å². The first-order valence-corrected chi connectivity index (χ1v) is 8.39. The fraction of sp³-hybridized carbons (Fsp3) is 0.625. The van der Waals surface area contributed by atoms with Gasteiger partial charge in [-0.15, -0.1) is 12.4 Å². The lowest BCUT2D eigenvalue weighted by atomic mass is 10.0. The molecule has 2 aliphatic rings. The number of halogens is 3. The Morgan fingerprint density at radius 1 is 1.19 bits per heavy atom. The Balaban J connectivity index is 0.00000161. The van der Waals surface area contributed by atoms with Gasteiger partial charge in [-0.25, -0.2) is 4.39 Å². The van der Waals surface area contributed by atoms with Crippen molar-refractivity contribution in [1.29, 1.82) is 0 Å². The van der Waals surface area contributed by atoms with Gasteiger partial charge in [-0.2, -0.15) is 0 Å². The van der Waals surface area contributed by atoms with Gasteiger partial charge in [0.2, 0.25) is 0 Å². The molecule has 1 saturated heterocycles. The lowest BCUT2D eigenvalue weighted by Gasteiger charge is -2.32. The topological polar surface area (TPSA) is 15.3 Å². The van der Waals surface area contributed by atoms with E-state index in [1.165, 1.54) is 32.2 Å². The Bertz CT molecular complexity index is 460. The molecule has 1 aliphatic carbocycles. The zero-order valence-corrected chi connectivity index (χ0v) is 14.6. The Labute approximate surface area is 141 Å². The monoisotopic (exact) mass is 376 g/mol. The van der Waals surface area contributed by atoms with Crippen LogP contribution in [0.25, 0.3) is 0 Å². The van der Waals surface area contributed by atoms with E-state index in [2.05, 4.69) is 26.1 Å². The Kier molecular flexibility index (Phi) is 6.48. The molecule has 0 radical (unpaired) electrons. The predicted octanol–water partition coefficient (Wildman–Crippen LogP) is 3.97. The normalized spacial score (nSPS) is 20.3. The van der Waals surface area contributed by atoms with Crippen LogP contribution in [-0.4, -0.2) is 30.6 Å². The largest absolute Gasteiger partial charge is 0.314 e. The molecule has 1 aliphatic heterocycles. The summed E-state index contributed by atoms with van der Waals surface area (Å²) in [5.41, 5.74) is 1.06. The molecule has 0 bridgehead atoms. The molecule has 0 amide bonds. The second-order valence-corrected chi connectivity index (χ2v) is 7.00. The van der Waals surface area contributed by atoms with Gasteiger partial charge < -0.3 is 5.32 Å². The molecule has 1 N–H and O–H groups in total. The molecule has 0 unspecified atom stereocenters. The summed E-state index contributed by atoms with van der Waals surface area (Å²) in [4.78, 5) is 2.43. The Morgan fingerprint density at radius 2 is 1.90 bits per heavy atom. The summed E-state index contributed by atoms with van der Waals surface area (Å²) in [6.45, 7) is 4.29. The van der Waals surface area contributed by atoms with Crippen molar-refractivity contribution in [2.24, 2.45) is 5.92 Å². The first-order chi connectivity index (χ1) is 9.70. The van der Waals surface area contributed by atoms with Crippen molar-refractivity contribution in [3.63, 3.8) is 0 Å². The third-order valence-corrected chi connectivity index (χ3v) is 5.01. The molecule has 5 heteroatoms. The van der Waals surface area contributed by atoms with Gasteiger partial charge in [0.05, 0.1) is 4.47 Å². The standard InChI is InChI=1S/C16H22BrFN2.ClH/c17-15-4-3-13(9-16(15)18)11-20-7-5-14(6-8-20)19-10-12-1-2-12;/h3-4,9,12,14,19H,1-2,5-8,10-11H2;1H. The van der Waals surface area contributed by atoms with Crippen LogP contribution >= 0.6 is 28.3 Å². The number of hydrogen-bond donors (Lipinski definition) is 1. The van der Waals surface area contributed by atoms with Crippen LogP contribution in [-0.2, 0) is 6.54 Å². The molecule has 1 heterocycles. The van der Waals surface area contributed by atoms with Crippen molar-refractivity contribution in [3.8, 4) is 0 Å². The quantitative estimate of drug-likeness (QED) is 0.835. The van der Waals surface area contributed by atoms with E-state index in [1.807, 2.05) is 6.07 Å². The minimum atomic E-state index is -0.163. The van der Waals surface area contributed by atoms with E-state index >= 15 is 0 Å². The van der Waals surface area contributed by atoms with Crippen LogP contribution in [0.15, 0.2) is 22.7 Å². The molecular formula is C16H23BrClFN2. The summed E-state index contributed by atoms with van der Waals surface area (Å²) in [7, 11) is 0. The highest BCUT2D eigenvalue weighted by molar-refractivity contribution is 9.10. The molecule has 0 aromatic heterocycles. The number of nitrogens with one attached hydrogen (secondary N) is 1. The van der Waals surface area contributed by atoms with E-state index in [4.69, 9.17) is 0 Å². The van der Waals surface area contributed by atoms with Crippen LogP contribution in [0.5, 0.6) is 0 Å². The molecular weight excluding hydrogens is 355 g/mol. The minimum Gasteiger partial charge on any atom is -0.314 e. The van der Waals surface area contributed by atoms with Gasteiger partial charge in [0.15, 0.2) is 0 Å². The predicted molar refractivity (Wildman–Crippen MR) is 90.4 cm³/mol. The third-order valence-electron chi connectivity index (χ3n) is 4.37. The lowest BCUT2D eigenvalue weighted by Crippen LogP contribution is -2.42. The number of hydrogen-bond acceptors (Lipinski definition) is 2. The van der Waals surface area contributed by atoms with E-state index in [9.17, 15) is 4.39 Å². The first kappa shape index (κ1) is 17.2. The summed E-state index contributed by atoms with van der Waals surface area (Å²) in [5, 5.41) is 3.69. The maximum atomic E-state index is 13.5. The molecule has 3 rings (SSSR count). The summed E-state index contributed by atoms with van der Waals surface area (Å²) >= 11 is 3.20. The van der Waals surface area contributed by atoms with E-state index in [0.29, 0.717) is 10.5 Å². The molecule has 21 heavy (non-hydrogen) atoms. The van der Waals surface area contributed by atoms with Gasteiger partial charge >= 0.3 is 0 Å². The summed E-state index contributed by atoms with van der Waals surface area (Å²) in [6.07, 6.45) is 5.26. The van der Waals surface area contributed by atoms with Crippen LogP contribution in [0.4, 0.5) is 4.39 Å². The highest BCUT2D eigenvalue weighted by Crippen LogP contribution is 2.28. The van der Waals surface area contributed by atoms with Gasteiger partial charge in [-0.1, -0.05) is 6.07 Å². The van der Waals surface area contributed by atoms with Crippen LogP contribution in [0, 0.1) is 11.7 Å². The van der Waals surface area contributed by atoms with Crippen LogP contribution < -0.4 is 5.32 Å². The number of benzene rings is 1. The SMILES string of the molecule is Cl.Fc1cc(CN2CCC(NCC3CC3)CC2)ccc1Br. The van der Waals surface area contributed by atoms with Crippen molar-refractivity contribution in [1.82, 2.24) is 10.2 Å². The molecule has 0 spiro atoms. The second-order valence-electron chi connectivity index (χ2n) is 6.15. The summed E-state index contributed by atoms with van der Waals surface area (Å²) in [6, 6.07) is 6.13. The average Bonchev–Trinajstić information content (AvgIpc) is 3.26. The summed E-state index contributed by atoms with van der Waals surface area (Å²) < 4.78 is 14.0. The second kappa shape index (κ2) is 7.91. The number of likely N-dealkylation sites (tertiary alicyclic amines) is 1. The van der Waals surface area contributed by atoms with E-state index in [-0.39, 0.29) is 18.2 Å². The third kappa shape index (κ3) is 5.20. The molecule has 2 nitrogen and oxygen atoms in total. The highest BCUT2D eigenvalue weighted by Gasteiger charge is 2.24. The van der Waals surface area contributed by atoms with Gasteiger partial charge in [0.1, 0.15) is 5.82 Å². The number of rotatable bonds is 5. The van der Waals surface area contributed by atoms with Crippen LogP contribution in [0.3, 0.4) is 0 Å². The first-order valence-electron chi connectivity index (χ1n) is 7.60. The zero-order valence-electron chi connectivity index (χ0n) is 12.2. The molecule has 0 atom stereocenters. The minimum absolute atomic E-state index is 0. The fourth-order valence-electron chi connectivity index (χ4n) is 2.85. The maximum Gasteiger partial charge on any atom is 0.137 e. The fourth-order valence-corrected chi connectivity index (χ4v) is 3.09. The van der Waals surface area contributed by atoms with Crippen molar-refractivity contribution >= 4 is 28.3 Å². The molecule has 1 saturated carbocycles. The number of nitrogens with zero attached hydrogens (tertiary/aromatic N) is 1. The van der Waals surface area contributed by atoms with Crippen molar-refractivity contribution in [3.05, 3.63) is 34.1 Å². The van der Waals surface area contributed by atoms with E-state index < -0.39 is 0 Å². The van der Waals surface area contributed by atoms with Crippen LogP contribution in [0.1, 0.15) is 31.2 Å². The zero-order chi connectivity index (χ0) is 13.9. The molecule has 118 valence electrons. The van der Waals surface area contributed by atoms with Crippen molar-refractivity contribution in [2.45, 2.75) is 38.3 Å². The van der Waals surface area contributed by atoms with Crippen molar-refractivity contribution in [2.75, 3.05) is 19.6 Å². The van der Waals surface area contributed by atoms with E-state index in [1.54, 1.807) is 12.1 Å². The Morgan fingerprint density at radius 3 is 2.52 bits per heavy atom. The average molecular weight is 378 g/mol. The lowest BCUT2D eigenvalue weighted by molar-refractivity contribution is 0.190. The van der Waals surface area contributed by atoms with Crippen molar-refractivity contribution < 1.29 is 4.39 Å². The Hall–Kier alpha value is -0.160. The van der Waals surface area contributed by atoms with Gasteiger partial charge in [0.25, 0.3) is 0 Å². The summed E-state index contributed by atoms with van der Waals surface area (Å²) in [5.74, 6) is 0.794. The number of piperidine rings is 1. The smallest absolute Gasteiger partial charge is 0.137 e. The van der Waals surface area contributed by atoms with Crippen LogP contribution in [0.2, 0.25) is 0 Å². The molecule has 2 fully saturated rings. The molecule has 1 aromatic rings. The van der Waals surface area contributed by atoms with Gasteiger partial charge in [0, 0.05) is 12.6 Å². The highest BCUT2D eigenvalue weighted by atomic mass is 79.9. The van der Waals surface area contributed by atoms with E-state index in [0.717, 1.165) is 31.1 Å². The van der Waals surface area contributed by atoms with Gasteiger partial charge in [-0.05, 0) is 84.9 Å².